The van der Waals surface area contributed by atoms with E-state index in [2.05, 4.69) is 27.9 Å². The molecule has 1 N–H and O–H groups in total. The van der Waals surface area contributed by atoms with Crippen molar-refractivity contribution in [1.29, 1.82) is 0 Å². The molecule has 1 aliphatic heterocycles. The van der Waals surface area contributed by atoms with Crippen LogP contribution in [0.25, 0.3) is 10.2 Å². The van der Waals surface area contributed by atoms with E-state index < -0.39 is 5.60 Å². The molecule has 0 amide bonds. The molecule has 0 spiro atoms. The van der Waals surface area contributed by atoms with Gasteiger partial charge in [0.25, 0.3) is 0 Å². The predicted octanol–water partition coefficient (Wildman–Crippen LogP) is 3.24. The molecule has 1 fully saturated rings. The van der Waals surface area contributed by atoms with Crippen molar-refractivity contribution in [3.05, 3.63) is 17.3 Å². The second kappa shape index (κ2) is 5.54. The summed E-state index contributed by atoms with van der Waals surface area (Å²) in [5.74, 6) is 1.44. The molecule has 0 bridgehead atoms. The fourth-order valence-electron chi connectivity index (χ4n) is 3.12. The lowest BCUT2D eigenvalue weighted by Gasteiger charge is -2.38. The SMILES string of the molecule is CCc1cc2c(N3CCC(C(C)(C)O)CC3)ncnc2s1. The number of thiophene rings is 1. The van der Waals surface area contributed by atoms with Gasteiger partial charge in [0.1, 0.15) is 17.0 Å². The van der Waals surface area contributed by atoms with Gasteiger partial charge in [0.2, 0.25) is 0 Å². The summed E-state index contributed by atoms with van der Waals surface area (Å²) >= 11 is 1.76. The Morgan fingerprint density at radius 2 is 2.05 bits per heavy atom. The van der Waals surface area contributed by atoms with Crippen LogP contribution in [-0.4, -0.2) is 33.8 Å². The second-order valence-electron chi connectivity index (χ2n) is 6.40. The van der Waals surface area contributed by atoms with Gasteiger partial charge in [-0.05, 0) is 45.1 Å². The third-order valence-electron chi connectivity index (χ3n) is 4.50. The van der Waals surface area contributed by atoms with E-state index in [1.54, 1.807) is 17.7 Å². The zero-order valence-corrected chi connectivity index (χ0v) is 13.8. The van der Waals surface area contributed by atoms with Crippen LogP contribution in [-0.2, 0) is 6.42 Å². The molecular weight excluding hydrogens is 282 g/mol. The monoisotopic (exact) mass is 305 g/mol. The van der Waals surface area contributed by atoms with Crippen LogP contribution in [0.3, 0.4) is 0 Å². The van der Waals surface area contributed by atoms with Crippen molar-refractivity contribution < 1.29 is 5.11 Å². The molecule has 114 valence electrons. The lowest BCUT2D eigenvalue weighted by Crippen LogP contribution is -2.42. The highest BCUT2D eigenvalue weighted by Gasteiger charge is 2.31. The first-order valence-electron chi connectivity index (χ1n) is 7.69. The Kier molecular flexibility index (Phi) is 3.88. The Morgan fingerprint density at radius 1 is 1.33 bits per heavy atom. The number of piperidine rings is 1. The van der Waals surface area contributed by atoms with Crippen molar-refractivity contribution in [3.8, 4) is 0 Å². The molecule has 3 heterocycles. The number of fused-ring (bicyclic) bond motifs is 1. The van der Waals surface area contributed by atoms with Gasteiger partial charge in [-0.15, -0.1) is 11.3 Å². The van der Waals surface area contributed by atoms with E-state index in [0.717, 1.165) is 43.0 Å². The molecule has 2 aromatic rings. The Hall–Kier alpha value is -1.20. The van der Waals surface area contributed by atoms with Crippen molar-refractivity contribution in [3.63, 3.8) is 0 Å². The van der Waals surface area contributed by atoms with E-state index in [4.69, 9.17) is 0 Å². The average Bonchev–Trinajstić information content (AvgIpc) is 2.89. The highest BCUT2D eigenvalue weighted by atomic mass is 32.1. The number of hydrogen-bond acceptors (Lipinski definition) is 5. The fourth-order valence-corrected chi connectivity index (χ4v) is 4.05. The van der Waals surface area contributed by atoms with Crippen LogP contribution in [0.15, 0.2) is 12.4 Å². The summed E-state index contributed by atoms with van der Waals surface area (Å²) in [6.07, 6.45) is 4.75. The lowest BCUT2D eigenvalue weighted by molar-refractivity contribution is 0.00648. The summed E-state index contributed by atoms with van der Waals surface area (Å²) < 4.78 is 0. The number of anilines is 1. The molecule has 1 aliphatic rings. The van der Waals surface area contributed by atoms with E-state index in [-0.39, 0.29) is 0 Å². The Morgan fingerprint density at radius 3 is 2.67 bits per heavy atom. The van der Waals surface area contributed by atoms with E-state index in [1.165, 1.54) is 10.3 Å². The third kappa shape index (κ3) is 2.90. The van der Waals surface area contributed by atoms with E-state index in [0.29, 0.717) is 5.92 Å². The van der Waals surface area contributed by atoms with Crippen molar-refractivity contribution in [2.45, 2.75) is 45.6 Å². The predicted molar refractivity (Wildman–Crippen MR) is 88.0 cm³/mol. The minimum absolute atomic E-state index is 0.375. The zero-order valence-electron chi connectivity index (χ0n) is 13.0. The van der Waals surface area contributed by atoms with E-state index >= 15 is 0 Å². The average molecular weight is 305 g/mol. The summed E-state index contributed by atoms with van der Waals surface area (Å²) in [6, 6.07) is 2.23. The van der Waals surface area contributed by atoms with Crippen LogP contribution >= 0.6 is 11.3 Å². The maximum absolute atomic E-state index is 10.2. The van der Waals surface area contributed by atoms with Crippen LogP contribution in [0.5, 0.6) is 0 Å². The van der Waals surface area contributed by atoms with Gasteiger partial charge in [-0.3, -0.25) is 0 Å². The summed E-state index contributed by atoms with van der Waals surface area (Å²) in [4.78, 5) is 13.7. The molecule has 5 heteroatoms. The van der Waals surface area contributed by atoms with Gasteiger partial charge in [0, 0.05) is 18.0 Å². The molecule has 0 saturated carbocycles. The first kappa shape index (κ1) is 14.7. The molecular formula is C16H23N3OS. The number of nitrogens with zero attached hydrogens (tertiary/aromatic N) is 3. The van der Waals surface area contributed by atoms with Crippen molar-refractivity contribution in [2.24, 2.45) is 5.92 Å². The summed E-state index contributed by atoms with van der Waals surface area (Å²) in [5, 5.41) is 11.3. The van der Waals surface area contributed by atoms with Crippen molar-refractivity contribution in [2.75, 3.05) is 18.0 Å². The second-order valence-corrected chi connectivity index (χ2v) is 7.51. The van der Waals surface area contributed by atoms with Gasteiger partial charge in [-0.25, -0.2) is 9.97 Å². The number of aryl methyl sites for hydroxylation is 1. The smallest absolute Gasteiger partial charge is 0.140 e. The summed E-state index contributed by atoms with van der Waals surface area (Å²) in [7, 11) is 0. The van der Waals surface area contributed by atoms with E-state index in [1.807, 2.05) is 13.8 Å². The molecule has 0 atom stereocenters. The molecule has 0 aromatic carbocycles. The molecule has 0 aliphatic carbocycles. The first-order valence-corrected chi connectivity index (χ1v) is 8.51. The van der Waals surface area contributed by atoms with Crippen LogP contribution in [0.2, 0.25) is 0 Å². The lowest BCUT2D eigenvalue weighted by atomic mass is 9.83. The third-order valence-corrected chi connectivity index (χ3v) is 5.69. The van der Waals surface area contributed by atoms with Gasteiger partial charge >= 0.3 is 0 Å². The minimum atomic E-state index is -0.579. The van der Waals surface area contributed by atoms with Crippen LogP contribution in [0, 0.1) is 5.92 Å². The van der Waals surface area contributed by atoms with Gasteiger partial charge in [-0.1, -0.05) is 6.92 Å². The Bertz CT molecular complexity index is 624. The highest BCUT2D eigenvalue weighted by Crippen LogP contribution is 2.34. The number of rotatable bonds is 3. The Labute approximate surface area is 129 Å². The summed E-state index contributed by atoms with van der Waals surface area (Å²) in [6.45, 7) is 7.92. The topological polar surface area (TPSA) is 49.2 Å². The number of aliphatic hydroxyl groups is 1. The van der Waals surface area contributed by atoms with E-state index in [9.17, 15) is 5.11 Å². The van der Waals surface area contributed by atoms with Crippen LogP contribution in [0.4, 0.5) is 5.82 Å². The number of aromatic nitrogens is 2. The first-order chi connectivity index (χ1) is 9.99. The molecule has 0 radical (unpaired) electrons. The Balaban J connectivity index is 1.84. The summed E-state index contributed by atoms with van der Waals surface area (Å²) in [5.41, 5.74) is -0.579. The molecule has 21 heavy (non-hydrogen) atoms. The minimum Gasteiger partial charge on any atom is -0.390 e. The van der Waals surface area contributed by atoms with Gasteiger partial charge < -0.3 is 10.0 Å². The van der Waals surface area contributed by atoms with Crippen molar-refractivity contribution >= 4 is 27.4 Å². The quantitative estimate of drug-likeness (QED) is 0.946. The van der Waals surface area contributed by atoms with Crippen LogP contribution in [0.1, 0.15) is 38.5 Å². The molecule has 0 unspecified atom stereocenters. The normalized spacial score (nSPS) is 17.6. The zero-order chi connectivity index (χ0) is 15.0. The molecule has 3 rings (SSSR count). The van der Waals surface area contributed by atoms with Crippen LogP contribution < -0.4 is 4.90 Å². The maximum atomic E-state index is 10.2. The van der Waals surface area contributed by atoms with Crippen molar-refractivity contribution in [1.82, 2.24) is 9.97 Å². The maximum Gasteiger partial charge on any atom is 0.140 e. The molecule has 2 aromatic heterocycles. The van der Waals surface area contributed by atoms with Gasteiger partial charge in [-0.2, -0.15) is 0 Å². The largest absolute Gasteiger partial charge is 0.390 e. The molecule has 1 saturated heterocycles. The fraction of sp³-hybridized carbons (Fsp3) is 0.625. The molecule has 4 nitrogen and oxygen atoms in total. The highest BCUT2D eigenvalue weighted by molar-refractivity contribution is 7.18. The number of hydrogen-bond donors (Lipinski definition) is 1. The standard InChI is InChI=1S/C16H23N3OS/c1-4-12-9-13-14(17-10-18-15(13)21-12)19-7-5-11(6-8-19)16(2,3)20/h9-11,20H,4-8H2,1-3H3. The van der Waals surface area contributed by atoms with Gasteiger partial charge in [0.15, 0.2) is 0 Å². The van der Waals surface area contributed by atoms with Gasteiger partial charge in [0.05, 0.1) is 11.0 Å².